The van der Waals surface area contributed by atoms with Crippen LogP contribution in [0.1, 0.15) is 24.8 Å². The summed E-state index contributed by atoms with van der Waals surface area (Å²) in [4.78, 5) is 15.1. The van der Waals surface area contributed by atoms with E-state index in [2.05, 4.69) is 0 Å². The van der Waals surface area contributed by atoms with Crippen molar-refractivity contribution in [3.63, 3.8) is 0 Å². The molecule has 0 spiro atoms. The van der Waals surface area contributed by atoms with E-state index in [4.69, 9.17) is 0 Å². The first-order chi connectivity index (χ1) is 10.3. The molecule has 6 heteroatoms. The third kappa shape index (κ3) is 4.24. The second-order valence-electron chi connectivity index (χ2n) is 6.24. The van der Waals surface area contributed by atoms with Crippen molar-refractivity contribution in [1.29, 1.82) is 0 Å². The van der Waals surface area contributed by atoms with E-state index >= 15 is 0 Å². The lowest BCUT2D eigenvalue weighted by atomic mass is 9.89. The van der Waals surface area contributed by atoms with Gasteiger partial charge in [0, 0.05) is 32.7 Å². The second-order valence-corrected chi connectivity index (χ2v) is 6.24. The van der Waals surface area contributed by atoms with Crippen molar-refractivity contribution in [1.82, 2.24) is 9.80 Å². The Morgan fingerprint density at radius 3 is 2.82 bits per heavy atom. The average Bonchev–Trinajstić information content (AvgIpc) is 2.42. The van der Waals surface area contributed by atoms with Crippen LogP contribution in [0.3, 0.4) is 0 Å². The van der Waals surface area contributed by atoms with E-state index in [9.17, 15) is 18.7 Å². The normalized spacial score (nSPS) is 22.6. The molecule has 1 aromatic carbocycles. The maximum Gasteiger partial charge on any atom is 0.224 e. The largest absolute Gasteiger partial charge is 0.388 e. The van der Waals surface area contributed by atoms with Crippen LogP contribution in [-0.4, -0.2) is 53.6 Å². The molecule has 0 aliphatic carbocycles. The smallest absolute Gasteiger partial charge is 0.224 e. The van der Waals surface area contributed by atoms with Gasteiger partial charge in [0.05, 0.1) is 12.0 Å². The van der Waals surface area contributed by atoms with Gasteiger partial charge in [-0.2, -0.15) is 0 Å². The van der Waals surface area contributed by atoms with Crippen LogP contribution in [0.4, 0.5) is 8.78 Å². The third-order valence-electron chi connectivity index (χ3n) is 4.02. The molecule has 1 aromatic rings. The van der Waals surface area contributed by atoms with Crippen molar-refractivity contribution in [2.24, 2.45) is 0 Å². The van der Waals surface area contributed by atoms with Crippen LogP contribution in [0.25, 0.3) is 0 Å². The molecule has 1 unspecified atom stereocenters. The van der Waals surface area contributed by atoms with Gasteiger partial charge in [-0.05, 0) is 37.6 Å². The summed E-state index contributed by atoms with van der Waals surface area (Å²) in [6.07, 6.45) is 1.30. The van der Waals surface area contributed by atoms with Crippen LogP contribution in [0.5, 0.6) is 0 Å². The standard InChI is InChI=1S/C16H22F2N2O2/c1-19(2)15(21)9-16(22)6-3-7-20(11-16)10-12-8-13(17)4-5-14(12)18/h4-5,8,22H,3,6-7,9-11H2,1-2H3. The summed E-state index contributed by atoms with van der Waals surface area (Å²) in [7, 11) is 3.29. The number of hydrogen-bond acceptors (Lipinski definition) is 3. The zero-order valence-electron chi connectivity index (χ0n) is 13.0. The molecular formula is C16H22F2N2O2. The summed E-state index contributed by atoms with van der Waals surface area (Å²) < 4.78 is 26.9. The Kier molecular flexibility index (Phi) is 5.13. The molecule has 0 saturated carbocycles. The molecule has 0 radical (unpaired) electrons. The number of halogens is 2. The first-order valence-corrected chi connectivity index (χ1v) is 7.38. The Bertz CT molecular complexity index is 551. The first-order valence-electron chi connectivity index (χ1n) is 7.38. The van der Waals surface area contributed by atoms with Gasteiger partial charge in [0.1, 0.15) is 11.6 Å². The number of hydrogen-bond donors (Lipinski definition) is 1. The zero-order valence-corrected chi connectivity index (χ0v) is 13.0. The van der Waals surface area contributed by atoms with Crippen LogP contribution < -0.4 is 0 Å². The van der Waals surface area contributed by atoms with E-state index in [1.165, 1.54) is 11.0 Å². The van der Waals surface area contributed by atoms with Crippen LogP contribution in [0.15, 0.2) is 18.2 Å². The molecule has 4 nitrogen and oxygen atoms in total. The summed E-state index contributed by atoms with van der Waals surface area (Å²) >= 11 is 0. The number of likely N-dealkylation sites (tertiary alicyclic amines) is 1. The van der Waals surface area contributed by atoms with Gasteiger partial charge in [0.25, 0.3) is 0 Å². The highest BCUT2D eigenvalue weighted by molar-refractivity contribution is 5.76. The van der Waals surface area contributed by atoms with Crippen molar-refractivity contribution in [2.45, 2.75) is 31.4 Å². The van der Waals surface area contributed by atoms with Gasteiger partial charge in [0.2, 0.25) is 5.91 Å². The first kappa shape index (κ1) is 16.8. The van der Waals surface area contributed by atoms with Gasteiger partial charge in [-0.15, -0.1) is 0 Å². The molecule has 22 heavy (non-hydrogen) atoms. The van der Waals surface area contributed by atoms with Gasteiger partial charge < -0.3 is 10.0 Å². The van der Waals surface area contributed by atoms with Gasteiger partial charge in [-0.25, -0.2) is 8.78 Å². The highest BCUT2D eigenvalue weighted by atomic mass is 19.1. The lowest BCUT2D eigenvalue weighted by Gasteiger charge is -2.39. The van der Waals surface area contributed by atoms with E-state index in [0.717, 1.165) is 12.1 Å². The number of rotatable bonds is 4. The number of amides is 1. The Hall–Kier alpha value is -1.53. The topological polar surface area (TPSA) is 43.8 Å². The second kappa shape index (κ2) is 6.71. The predicted octanol–water partition coefficient (Wildman–Crippen LogP) is 1.77. The highest BCUT2D eigenvalue weighted by Crippen LogP contribution is 2.26. The minimum Gasteiger partial charge on any atom is -0.388 e. The molecule has 0 bridgehead atoms. The minimum absolute atomic E-state index is 0.0438. The lowest BCUT2D eigenvalue weighted by molar-refractivity contribution is -0.136. The molecule has 2 rings (SSSR count). The van der Waals surface area contributed by atoms with E-state index in [0.29, 0.717) is 19.4 Å². The summed E-state index contributed by atoms with van der Waals surface area (Å²) in [6.45, 7) is 1.19. The summed E-state index contributed by atoms with van der Waals surface area (Å²) in [6, 6.07) is 3.37. The van der Waals surface area contributed by atoms with E-state index in [1.54, 1.807) is 14.1 Å². The van der Waals surface area contributed by atoms with Crippen molar-refractivity contribution < 1.29 is 18.7 Å². The number of β-amino-alcohol motifs (C(OH)–C–C–N with tert-alkyl or cyclic N) is 1. The van der Waals surface area contributed by atoms with Crippen LogP contribution in [0.2, 0.25) is 0 Å². The number of nitrogens with zero attached hydrogens (tertiary/aromatic N) is 2. The molecule has 1 N–H and O–H groups in total. The Labute approximate surface area is 129 Å². The number of carbonyl (C=O) groups excluding carboxylic acids is 1. The van der Waals surface area contributed by atoms with Crippen molar-refractivity contribution in [2.75, 3.05) is 27.2 Å². The quantitative estimate of drug-likeness (QED) is 0.921. The monoisotopic (exact) mass is 312 g/mol. The molecule has 1 amide bonds. The van der Waals surface area contributed by atoms with Gasteiger partial charge in [-0.1, -0.05) is 0 Å². The van der Waals surface area contributed by atoms with Gasteiger partial charge in [0.15, 0.2) is 0 Å². The molecule has 122 valence electrons. The third-order valence-corrected chi connectivity index (χ3v) is 4.02. The number of benzene rings is 1. The molecular weight excluding hydrogens is 290 g/mol. The van der Waals surface area contributed by atoms with Gasteiger partial charge >= 0.3 is 0 Å². The van der Waals surface area contributed by atoms with Crippen molar-refractivity contribution in [3.8, 4) is 0 Å². The molecule has 1 heterocycles. The fraction of sp³-hybridized carbons (Fsp3) is 0.562. The van der Waals surface area contributed by atoms with E-state index in [-0.39, 0.29) is 31.0 Å². The molecule has 1 fully saturated rings. The van der Waals surface area contributed by atoms with E-state index < -0.39 is 17.2 Å². The van der Waals surface area contributed by atoms with Gasteiger partial charge in [-0.3, -0.25) is 9.69 Å². The van der Waals surface area contributed by atoms with Crippen LogP contribution in [-0.2, 0) is 11.3 Å². The SMILES string of the molecule is CN(C)C(=O)CC1(O)CCCN(Cc2cc(F)ccc2F)C1. The van der Waals surface area contributed by atoms with Crippen LogP contribution in [0, 0.1) is 11.6 Å². The number of piperidine rings is 1. The Morgan fingerprint density at radius 2 is 2.14 bits per heavy atom. The lowest BCUT2D eigenvalue weighted by Crippen LogP contribution is -2.50. The maximum absolute atomic E-state index is 13.7. The van der Waals surface area contributed by atoms with Crippen molar-refractivity contribution >= 4 is 5.91 Å². The molecule has 1 aliphatic rings. The Morgan fingerprint density at radius 1 is 1.41 bits per heavy atom. The zero-order chi connectivity index (χ0) is 16.3. The average molecular weight is 312 g/mol. The Balaban J connectivity index is 2.04. The van der Waals surface area contributed by atoms with Crippen molar-refractivity contribution in [3.05, 3.63) is 35.4 Å². The summed E-state index contributed by atoms with van der Waals surface area (Å²) in [5, 5.41) is 10.6. The predicted molar refractivity (Wildman–Crippen MR) is 79.1 cm³/mol. The van der Waals surface area contributed by atoms with E-state index in [1.807, 2.05) is 4.90 Å². The molecule has 0 aromatic heterocycles. The summed E-state index contributed by atoms with van der Waals surface area (Å²) in [5.74, 6) is -1.08. The van der Waals surface area contributed by atoms with Crippen LogP contribution >= 0.6 is 0 Å². The minimum atomic E-state index is -1.11. The molecule has 1 saturated heterocycles. The number of aliphatic hydroxyl groups is 1. The molecule has 1 atom stereocenters. The summed E-state index contributed by atoms with van der Waals surface area (Å²) in [5.41, 5.74) is -0.841. The fourth-order valence-corrected chi connectivity index (χ4v) is 2.83. The molecule has 1 aliphatic heterocycles. The fourth-order valence-electron chi connectivity index (χ4n) is 2.83. The highest BCUT2D eigenvalue weighted by Gasteiger charge is 2.35. The number of carbonyl (C=O) groups is 1. The maximum atomic E-state index is 13.7.